The number of anilines is 1. The zero-order valence-corrected chi connectivity index (χ0v) is 18.3. The van der Waals surface area contributed by atoms with Crippen LogP contribution in [0.1, 0.15) is 25.1 Å². The van der Waals surface area contributed by atoms with Gasteiger partial charge in [0.15, 0.2) is 5.96 Å². The molecule has 1 aromatic carbocycles. The van der Waals surface area contributed by atoms with Gasteiger partial charge in [0.05, 0.1) is 0 Å². The van der Waals surface area contributed by atoms with E-state index in [9.17, 15) is 4.79 Å². The van der Waals surface area contributed by atoms with Gasteiger partial charge in [0.2, 0.25) is 0 Å². The first-order valence-corrected chi connectivity index (χ1v) is 11.2. The number of hydrogen-bond donors (Lipinski definition) is 1. The summed E-state index contributed by atoms with van der Waals surface area (Å²) >= 11 is 6.13. The second-order valence-electron chi connectivity index (χ2n) is 7.81. The molecule has 3 heterocycles. The highest BCUT2D eigenvalue weighted by Crippen LogP contribution is 2.20. The summed E-state index contributed by atoms with van der Waals surface area (Å²) in [5, 5.41) is 8.71. The van der Waals surface area contributed by atoms with Crippen LogP contribution in [0.3, 0.4) is 0 Å². The molecule has 1 aromatic heterocycles. The van der Waals surface area contributed by atoms with Crippen LogP contribution in [0.4, 0.5) is 5.69 Å². The molecular formula is C21H30ClN7O. The quantitative estimate of drug-likeness (QED) is 0.444. The van der Waals surface area contributed by atoms with Crippen LogP contribution in [0.5, 0.6) is 0 Å². The van der Waals surface area contributed by atoms with Gasteiger partial charge in [-0.15, -0.1) is 0 Å². The molecule has 162 valence electrons. The Labute approximate surface area is 182 Å². The van der Waals surface area contributed by atoms with Crippen LogP contribution in [-0.4, -0.2) is 65.0 Å². The Morgan fingerprint density at radius 2 is 2.03 bits per heavy atom. The van der Waals surface area contributed by atoms with E-state index < -0.39 is 0 Å². The summed E-state index contributed by atoms with van der Waals surface area (Å²) in [6, 6.07) is 8.01. The molecule has 0 atom stereocenters. The topological polar surface area (TPSA) is 70.7 Å². The first kappa shape index (κ1) is 20.8. The number of benzene rings is 1. The fourth-order valence-corrected chi connectivity index (χ4v) is 4.39. The Kier molecular flexibility index (Phi) is 6.62. The van der Waals surface area contributed by atoms with Crippen LogP contribution in [0.25, 0.3) is 0 Å². The Morgan fingerprint density at radius 1 is 1.20 bits per heavy atom. The Bertz CT molecular complexity index is 943. The predicted octanol–water partition coefficient (Wildman–Crippen LogP) is 1.82. The maximum absolute atomic E-state index is 12.4. The largest absolute Gasteiger partial charge is 0.368 e. The minimum absolute atomic E-state index is 0.0335. The lowest BCUT2D eigenvalue weighted by Crippen LogP contribution is -2.52. The number of fused-ring (bicyclic) bond motifs is 1. The number of hydrogen-bond acceptors (Lipinski definition) is 4. The first-order valence-electron chi connectivity index (χ1n) is 10.8. The Morgan fingerprint density at radius 3 is 2.77 bits per heavy atom. The third-order valence-electron chi connectivity index (χ3n) is 5.83. The number of rotatable bonds is 5. The smallest absolute Gasteiger partial charge is 0.345 e. The van der Waals surface area contributed by atoms with Crippen molar-refractivity contribution in [3.05, 3.63) is 45.6 Å². The van der Waals surface area contributed by atoms with E-state index in [1.165, 1.54) is 5.69 Å². The molecule has 0 unspecified atom stereocenters. The molecule has 2 aliphatic heterocycles. The number of nitrogens with zero attached hydrogens (tertiary/aromatic N) is 6. The van der Waals surface area contributed by atoms with Crippen molar-refractivity contribution in [3.63, 3.8) is 0 Å². The minimum atomic E-state index is 0.0335. The standard InChI is InChI=1S/C21H30ClN7O/c1-23-20(27-14-12-26(13-15-27)18-7-4-6-17(22)16-18)24-9-5-11-29-21(30)28-10-3-2-8-19(28)25-29/h4,6-7,16H,2-3,5,8-15H2,1H3,(H,23,24). The van der Waals surface area contributed by atoms with Gasteiger partial charge >= 0.3 is 5.69 Å². The van der Waals surface area contributed by atoms with E-state index in [-0.39, 0.29) is 5.69 Å². The second-order valence-corrected chi connectivity index (χ2v) is 8.25. The molecule has 0 saturated carbocycles. The number of aryl methyl sites for hydroxylation is 2. The first-order chi connectivity index (χ1) is 14.7. The number of aliphatic imine (C=N–C) groups is 1. The Hall–Kier alpha value is -2.48. The average Bonchev–Trinajstić information content (AvgIpc) is 3.10. The number of piperazine rings is 1. The van der Waals surface area contributed by atoms with Gasteiger partial charge in [0.1, 0.15) is 5.82 Å². The van der Waals surface area contributed by atoms with Crippen molar-refractivity contribution in [1.29, 1.82) is 0 Å². The van der Waals surface area contributed by atoms with Gasteiger partial charge in [-0.05, 0) is 37.5 Å². The lowest BCUT2D eigenvalue weighted by Gasteiger charge is -2.37. The number of nitrogens with one attached hydrogen (secondary N) is 1. The van der Waals surface area contributed by atoms with Crippen molar-refractivity contribution >= 4 is 23.2 Å². The SMILES string of the molecule is CN=C(NCCCn1nc2n(c1=O)CCCC2)N1CCN(c2cccc(Cl)c2)CC1. The van der Waals surface area contributed by atoms with Crippen LogP contribution in [0.15, 0.2) is 34.1 Å². The summed E-state index contributed by atoms with van der Waals surface area (Å²) in [5.41, 5.74) is 1.20. The third kappa shape index (κ3) is 4.64. The maximum Gasteiger partial charge on any atom is 0.345 e. The highest BCUT2D eigenvalue weighted by molar-refractivity contribution is 6.30. The molecule has 1 saturated heterocycles. The van der Waals surface area contributed by atoms with Crippen molar-refractivity contribution in [3.8, 4) is 0 Å². The highest BCUT2D eigenvalue weighted by Gasteiger charge is 2.20. The maximum atomic E-state index is 12.4. The summed E-state index contributed by atoms with van der Waals surface area (Å²) in [7, 11) is 1.82. The summed E-state index contributed by atoms with van der Waals surface area (Å²) in [5.74, 6) is 1.85. The molecule has 8 nitrogen and oxygen atoms in total. The minimum Gasteiger partial charge on any atom is -0.368 e. The molecule has 2 aromatic rings. The van der Waals surface area contributed by atoms with E-state index in [4.69, 9.17) is 11.6 Å². The molecule has 0 amide bonds. The van der Waals surface area contributed by atoms with Gasteiger partial charge in [-0.1, -0.05) is 17.7 Å². The molecule has 9 heteroatoms. The lowest BCUT2D eigenvalue weighted by molar-refractivity contribution is 0.371. The van der Waals surface area contributed by atoms with Crippen LogP contribution in [0, 0.1) is 0 Å². The van der Waals surface area contributed by atoms with E-state index in [1.54, 1.807) is 4.68 Å². The number of aromatic nitrogens is 3. The molecule has 0 aliphatic carbocycles. The molecule has 0 radical (unpaired) electrons. The zero-order chi connectivity index (χ0) is 20.9. The van der Waals surface area contributed by atoms with Crippen LogP contribution >= 0.6 is 11.6 Å². The molecule has 2 aliphatic rings. The van der Waals surface area contributed by atoms with Gasteiger partial charge in [-0.25, -0.2) is 9.48 Å². The van der Waals surface area contributed by atoms with E-state index in [1.807, 2.05) is 29.8 Å². The molecule has 4 rings (SSSR count). The zero-order valence-electron chi connectivity index (χ0n) is 17.6. The number of guanidine groups is 1. The molecular weight excluding hydrogens is 402 g/mol. The van der Waals surface area contributed by atoms with Crippen molar-refractivity contribution < 1.29 is 0 Å². The predicted molar refractivity (Wildman–Crippen MR) is 121 cm³/mol. The molecule has 1 fully saturated rings. The average molecular weight is 432 g/mol. The van der Waals surface area contributed by atoms with Gasteiger partial charge in [-0.3, -0.25) is 9.56 Å². The van der Waals surface area contributed by atoms with E-state index >= 15 is 0 Å². The van der Waals surface area contributed by atoms with Gasteiger partial charge in [-0.2, -0.15) is 5.10 Å². The summed E-state index contributed by atoms with van der Waals surface area (Å²) < 4.78 is 3.45. The highest BCUT2D eigenvalue weighted by atomic mass is 35.5. The van der Waals surface area contributed by atoms with Crippen LogP contribution in [0.2, 0.25) is 5.02 Å². The number of halogens is 1. The summed E-state index contributed by atoms with van der Waals surface area (Å²) in [6.45, 7) is 5.85. The third-order valence-corrected chi connectivity index (χ3v) is 6.06. The van der Waals surface area contributed by atoms with Crippen molar-refractivity contribution in [2.45, 2.75) is 38.8 Å². The monoisotopic (exact) mass is 431 g/mol. The Balaban J connectivity index is 1.24. The van der Waals surface area contributed by atoms with Crippen LogP contribution in [-0.2, 0) is 19.5 Å². The molecule has 0 bridgehead atoms. The normalized spacial score (nSPS) is 17.2. The fourth-order valence-electron chi connectivity index (χ4n) is 4.20. The van der Waals surface area contributed by atoms with Gasteiger partial charge in [0.25, 0.3) is 0 Å². The lowest BCUT2D eigenvalue weighted by atomic mass is 10.2. The van der Waals surface area contributed by atoms with Gasteiger partial charge < -0.3 is 15.1 Å². The molecule has 1 N–H and O–H groups in total. The fraction of sp³-hybridized carbons (Fsp3) is 0.571. The van der Waals surface area contributed by atoms with E-state index in [0.29, 0.717) is 6.54 Å². The van der Waals surface area contributed by atoms with Crippen molar-refractivity contribution in [2.24, 2.45) is 4.99 Å². The van der Waals surface area contributed by atoms with Crippen molar-refractivity contribution in [2.75, 3.05) is 44.7 Å². The van der Waals surface area contributed by atoms with Crippen molar-refractivity contribution in [1.82, 2.24) is 24.6 Å². The summed E-state index contributed by atoms with van der Waals surface area (Å²) in [6.07, 6.45) is 3.94. The molecule has 0 spiro atoms. The van der Waals surface area contributed by atoms with E-state index in [2.05, 4.69) is 31.3 Å². The van der Waals surface area contributed by atoms with E-state index in [0.717, 1.165) is 81.8 Å². The second kappa shape index (κ2) is 9.55. The summed E-state index contributed by atoms with van der Waals surface area (Å²) in [4.78, 5) is 21.5. The van der Waals surface area contributed by atoms with Gasteiger partial charge in [0, 0.05) is 70.0 Å². The molecule has 30 heavy (non-hydrogen) atoms. The van der Waals surface area contributed by atoms with Crippen LogP contribution < -0.4 is 15.9 Å².